The van der Waals surface area contributed by atoms with Gasteiger partial charge in [0.1, 0.15) is 13.2 Å². The molecule has 0 saturated heterocycles. The van der Waals surface area contributed by atoms with Crippen LogP contribution in [-0.2, 0) is 17.9 Å². The molecule has 1 aromatic heterocycles. The number of aromatic nitrogens is 2. The van der Waals surface area contributed by atoms with Crippen LogP contribution < -0.4 is 15.8 Å². The number of carbonyl (C=O) groups excluding carboxylic acids is 1. The third kappa shape index (κ3) is 4.86. The second-order valence-corrected chi connectivity index (χ2v) is 7.11. The van der Waals surface area contributed by atoms with Gasteiger partial charge >= 0.3 is 5.76 Å². The van der Waals surface area contributed by atoms with E-state index in [1.165, 1.54) is 12.1 Å². The Hall–Kier alpha value is -2.48. The molecule has 7 nitrogen and oxygen atoms in total. The van der Waals surface area contributed by atoms with Crippen LogP contribution in [0.1, 0.15) is 11.4 Å². The normalized spacial score (nSPS) is 10.7. The summed E-state index contributed by atoms with van der Waals surface area (Å²) in [5, 5.41) is 7.11. The maximum absolute atomic E-state index is 12.3. The summed E-state index contributed by atoms with van der Waals surface area (Å²) in [6.45, 7) is 1.42. The summed E-state index contributed by atoms with van der Waals surface area (Å²) in [5.41, 5.74) is 1.61. The Kier molecular flexibility index (Phi) is 6.28. The number of hydrogen-bond donors (Lipinski definition) is 1. The van der Waals surface area contributed by atoms with Gasteiger partial charge in [0.05, 0.1) is 10.0 Å². The molecule has 0 spiro atoms. The molecule has 0 saturated carbocycles. The average molecular weight is 443 g/mol. The van der Waals surface area contributed by atoms with Crippen molar-refractivity contribution in [3.63, 3.8) is 0 Å². The van der Waals surface area contributed by atoms with Crippen LogP contribution in [0.15, 0.2) is 45.7 Å². The topological polar surface area (TPSA) is 86.4 Å². The smallest absolute Gasteiger partial charge is 0.442 e. The van der Waals surface area contributed by atoms with E-state index in [1.807, 2.05) is 25.1 Å². The Balaban J connectivity index is 1.72. The first-order valence-corrected chi connectivity index (χ1v) is 9.16. The molecule has 1 amide bonds. The maximum Gasteiger partial charge on any atom is 0.442 e. The van der Waals surface area contributed by atoms with Crippen molar-refractivity contribution >= 4 is 46.4 Å². The summed E-state index contributed by atoms with van der Waals surface area (Å²) in [6.07, 6.45) is 0. The summed E-state index contributed by atoms with van der Waals surface area (Å²) in [6, 6.07) is 10.2. The van der Waals surface area contributed by atoms with Crippen LogP contribution in [0.2, 0.25) is 15.1 Å². The van der Waals surface area contributed by atoms with E-state index in [2.05, 4.69) is 15.0 Å². The Morgan fingerprint density at radius 2 is 1.93 bits per heavy atom. The third-order valence-corrected chi connectivity index (χ3v) is 4.45. The summed E-state index contributed by atoms with van der Waals surface area (Å²) >= 11 is 18.0. The monoisotopic (exact) mass is 441 g/mol. The molecule has 3 aromatic rings. The van der Waals surface area contributed by atoms with E-state index >= 15 is 0 Å². The predicted molar refractivity (Wildman–Crippen MR) is 106 cm³/mol. The van der Waals surface area contributed by atoms with Crippen LogP contribution in [0.3, 0.4) is 0 Å². The SMILES string of the molecule is Cc1cccc(NC(=O)Cn2c(COc3c(Cl)cc(Cl)cc3Cl)noc2=O)c1. The molecule has 1 N–H and O–H groups in total. The largest absolute Gasteiger partial charge is 0.482 e. The Bertz CT molecular complexity index is 1050. The minimum absolute atomic E-state index is 0.103. The highest BCUT2D eigenvalue weighted by atomic mass is 35.5. The molecule has 28 heavy (non-hydrogen) atoms. The standard InChI is InChI=1S/C18H14Cl3N3O4/c1-10-3-2-4-12(5-10)22-16(25)8-24-15(23-28-18(24)26)9-27-17-13(20)6-11(19)7-14(17)21/h2-7H,8-9H2,1H3,(H,22,25). The molecule has 146 valence electrons. The zero-order valence-corrected chi connectivity index (χ0v) is 16.8. The van der Waals surface area contributed by atoms with Gasteiger partial charge in [-0.05, 0) is 36.8 Å². The molecule has 0 unspecified atom stereocenters. The van der Waals surface area contributed by atoms with Gasteiger partial charge in [-0.25, -0.2) is 9.36 Å². The van der Waals surface area contributed by atoms with E-state index in [9.17, 15) is 9.59 Å². The van der Waals surface area contributed by atoms with E-state index in [0.29, 0.717) is 10.7 Å². The quantitative estimate of drug-likeness (QED) is 0.614. The van der Waals surface area contributed by atoms with E-state index in [-0.39, 0.29) is 34.8 Å². The van der Waals surface area contributed by atoms with E-state index < -0.39 is 11.7 Å². The van der Waals surface area contributed by atoms with Crippen molar-refractivity contribution in [2.24, 2.45) is 0 Å². The van der Waals surface area contributed by atoms with Gasteiger partial charge in [0.2, 0.25) is 5.91 Å². The molecule has 10 heteroatoms. The molecular weight excluding hydrogens is 429 g/mol. The van der Waals surface area contributed by atoms with Crippen molar-refractivity contribution in [3.05, 3.63) is 73.4 Å². The highest BCUT2D eigenvalue weighted by Gasteiger charge is 2.17. The van der Waals surface area contributed by atoms with Crippen molar-refractivity contribution in [1.82, 2.24) is 9.72 Å². The summed E-state index contributed by atoms with van der Waals surface area (Å²) in [7, 11) is 0. The van der Waals surface area contributed by atoms with E-state index in [4.69, 9.17) is 39.5 Å². The second-order valence-electron chi connectivity index (χ2n) is 5.86. The van der Waals surface area contributed by atoms with Gasteiger partial charge < -0.3 is 10.1 Å². The minimum atomic E-state index is -0.786. The van der Waals surface area contributed by atoms with Gasteiger partial charge in [-0.1, -0.05) is 52.1 Å². The van der Waals surface area contributed by atoms with Crippen molar-refractivity contribution in [2.45, 2.75) is 20.1 Å². The molecule has 3 rings (SSSR count). The van der Waals surface area contributed by atoms with Crippen LogP contribution in [-0.4, -0.2) is 15.6 Å². The number of rotatable bonds is 6. The van der Waals surface area contributed by atoms with Crippen molar-refractivity contribution in [1.29, 1.82) is 0 Å². The number of nitrogens with zero attached hydrogens (tertiary/aromatic N) is 2. The number of amides is 1. The number of anilines is 1. The lowest BCUT2D eigenvalue weighted by atomic mass is 10.2. The lowest BCUT2D eigenvalue weighted by Gasteiger charge is -2.10. The molecule has 0 atom stereocenters. The first-order valence-electron chi connectivity index (χ1n) is 8.02. The molecule has 0 aliphatic carbocycles. The number of ether oxygens (including phenoxy) is 1. The maximum atomic E-state index is 12.3. The first kappa shape index (κ1) is 20.3. The lowest BCUT2D eigenvalue weighted by molar-refractivity contribution is -0.116. The van der Waals surface area contributed by atoms with Gasteiger partial charge in [-0.2, -0.15) is 0 Å². The van der Waals surface area contributed by atoms with Crippen LogP contribution in [0.4, 0.5) is 5.69 Å². The van der Waals surface area contributed by atoms with Gasteiger partial charge in [0, 0.05) is 10.7 Å². The average Bonchev–Trinajstić information content (AvgIpc) is 2.94. The van der Waals surface area contributed by atoms with Crippen LogP contribution in [0.5, 0.6) is 5.75 Å². The molecular formula is C18H14Cl3N3O4. The van der Waals surface area contributed by atoms with Crippen molar-refractivity contribution in [3.8, 4) is 5.75 Å². The fraction of sp³-hybridized carbons (Fsp3) is 0.167. The summed E-state index contributed by atoms with van der Waals surface area (Å²) in [5.74, 6) is -0.920. The zero-order chi connectivity index (χ0) is 20.3. The number of nitrogens with one attached hydrogen (secondary N) is 1. The number of halogens is 3. The predicted octanol–water partition coefficient (Wildman–Crippen LogP) is 4.32. The van der Waals surface area contributed by atoms with Crippen molar-refractivity contribution < 1.29 is 14.1 Å². The molecule has 0 bridgehead atoms. The van der Waals surface area contributed by atoms with E-state index in [0.717, 1.165) is 10.1 Å². The molecule has 1 heterocycles. The second kappa shape index (κ2) is 8.68. The fourth-order valence-corrected chi connectivity index (χ4v) is 3.35. The van der Waals surface area contributed by atoms with Gasteiger partial charge in [-0.3, -0.25) is 9.32 Å². The molecule has 0 fully saturated rings. The first-order chi connectivity index (χ1) is 13.3. The number of hydrogen-bond acceptors (Lipinski definition) is 5. The fourth-order valence-electron chi connectivity index (χ4n) is 2.43. The minimum Gasteiger partial charge on any atom is -0.482 e. The van der Waals surface area contributed by atoms with Gasteiger partial charge in [0.25, 0.3) is 0 Å². The highest BCUT2D eigenvalue weighted by Crippen LogP contribution is 2.36. The van der Waals surface area contributed by atoms with Crippen molar-refractivity contribution in [2.75, 3.05) is 5.32 Å². The highest BCUT2D eigenvalue weighted by molar-refractivity contribution is 6.40. The number of carbonyl (C=O) groups is 1. The summed E-state index contributed by atoms with van der Waals surface area (Å²) in [4.78, 5) is 24.2. The van der Waals surface area contributed by atoms with Crippen LogP contribution in [0, 0.1) is 6.92 Å². The van der Waals surface area contributed by atoms with Gasteiger partial charge in [0.15, 0.2) is 11.6 Å². The van der Waals surface area contributed by atoms with Gasteiger partial charge in [-0.15, -0.1) is 0 Å². The summed E-state index contributed by atoms with van der Waals surface area (Å²) < 4.78 is 11.2. The lowest BCUT2D eigenvalue weighted by Crippen LogP contribution is -2.27. The molecule has 0 radical (unpaired) electrons. The number of aryl methyl sites for hydroxylation is 1. The number of benzene rings is 2. The molecule has 2 aromatic carbocycles. The Labute approximate surface area is 174 Å². The molecule has 0 aliphatic rings. The Morgan fingerprint density at radius 3 is 2.61 bits per heavy atom. The molecule has 0 aliphatic heterocycles. The third-order valence-electron chi connectivity index (χ3n) is 3.67. The van der Waals surface area contributed by atoms with Crippen LogP contribution >= 0.6 is 34.8 Å². The van der Waals surface area contributed by atoms with Crippen LogP contribution in [0.25, 0.3) is 0 Å². The van der Waals surface area contributed by atoms with E-state index in [1.54, 1.807) is 6.07 Å². The Morgan fingerprint density at radius 1 is 1.21 bits per heavy atom. The zero-order valence-electron chi connectivity index (χ0n) is 14.5.